The molecule has 6 heteroatoms. The number of hydrazone groups is 1. The zero-order valence-electron chi connectivity index (χ0n) is 21.9. The summed E-state index contributed by atoms with van der Waals surface area (Å²) in [6.45, 7) is 0. The van der Waals surface area contributed by atoms with Crippen LogP contribution in [-0.4, -0.2) is 44.8 Å². The Morgan fingerprint density at radius 3 is 2.22 bits per heavy atom. The van der Waals surface area contributed by atoms with Gasteiger partial charge in [-0.15, -0.1) is 0 Å². The third kappa shape index (κ3) is 5.14. The molecule has 37 heavy (non-hydrogen) atoms. The standard InChI is InChI=1S/C31H33ClN4O/c1-34(2)26-15-11-21(12-16-26)19-23-7-6-10-28-29(23)33-36(31(37)24-8-5-9-25(32)20-24)30(28)22-13-17-27(18-14-22)35(3)4/h5,8-9,11-20,28,30H,6-7,10H2,1-4H3/b23-19-/t28-,30-/m0/s1. The molecule has 3 aromatic rings. The zero-order chi connectivity index (χ0) is 26.1. The molecular formula is C31H33ClN4O. The number of allylic oxidation sites excluding steroid dienone is 1. The van der Waals surface area contributed by atoms with Crippen LogP contribution in [0.2, 0.25) is 5.02 Å². The second-order valence-electron chi connectivity index (χ2n) is 10.2. The Bertz CT molecular complexity index is 1340. The average Bonchev–Trinajstić information content (AvgIpc) is 3.29. The lowest BCUT2D eigenvalue weighted by Crippen LogP contribution is -2.32. The number of rotatable bonds is 5. The molecule has 0 radical (unpaired) electrons. The number of anilines is 2. The Kier molecular flexibility index (Phi) is 7.07. The molecule has 1 saturated carbocycles. The van der Waals surface area contributed by atoms with E-state index >= 15 is 0 Å². The lowest BCUT2D eigenvalue weighted by Gasteiger charge is -2.30. The summed E-state index contributed by atoms with van der Waals surface area (Å²) in [5, 5.41) is 7.27. The summed E-state index contributed by atoms with van der Waals surface area (Å²) >= 11 is 6.24. The summed E-state index contributed by atoms with van der Waals surface area (Å²) in [6, 6.07) is 24.0. The minimum absolute atomic E-state index is 0.124. The predicted octanol–water partition coefficient (Wildman–Crippen LogP) is 6.91. The number of fused-ring (bicyclic) bond motifs is 1. The summed E-state index contributed by atoms with van der Waals surface area (Å²) in [4.78, 5) is 18.0. The zero-order valence-corrected chi connectivity index (χ0v) is 22.6. The van der Waals surface area contributed by atoms with E-state index in [0.29, 0.717) is 10.6 Å². The first-order valence-corrected chi connectivity index (χ1v) is 13.1. The minimum atomic E-state index is -0.155. The summed E-state index contributed by atoms with van der Waals surface area (Å²) in [6.07, 6.45) is 5.26. The number of carbonyl (C=O) groups is 1. The monoisotopic (exact) mass is 512 g/mol. The van der Waals surface area contributed by atoms with Crippen molar-refractivity contribution in [1.82, 2.24) is 5.01 Å². The van der Waals surface area contributed by atoms with Gasteiger partial charge in [-0.2, -0.15) is 5.10 Å². The van der Waals surface area contributed by atoms with Crippen LogP contribution in [0.5, 0.6) is 0 Å². The fraction of sp³-hybridized carbons (Fsp3) is 0.290. The molecule has 0 aromatic heterocycles. The van der Waals surface area contributed by atoms with Gasteiger partial charge in [-0.25, -0.2) is 5.01 Å². The van der Waals surface area contributed by atoms with Gasteiger partial charge in [0.1, 0.15) is 0 Å². The highest BCUT2D eigenvalue weighted by molar-refractivity contribution is 6.31. The topological polar surface area (TPSA) is 39.1 Å². The summed E-state index contributed by atoms with van der Waals surface area (Å²) in [5.41, 5.74) is 7.33. The molecule has 2 aliphatic rings. The van der Waals surface area contributed by atoms with Crippen LogP contribution in [0.25, 0.3) is 6.08 Å². The van der Waals surface area contributed by atoms with Crippen molar-refractivity contribution in [2.24, 2.45) is 11.0 Å². The summed E-state index contributed by atoms with van der Waals surface area (Å²) < 4.78 is 0. The summed E-state index contributed by atoms with van der Waals surface area (Å²) in [7, 11) is 8.15. The van der Waals surface area contributed by atoms with Gasteiger partial charge in [-0.05, 0) is 84.5 Å². The molecule has 5 rings (SSSR count). The molecule has 0 N–H and O–H groups in total. The van der Waals surface area contributed by atoms with E-state index in [1.807, 2.05) is 40.3 Å². The van der Waals surface area contributed by atoms with Gasteiger partial charge in [0.25, 0.3) is 5.91 Å². The predicted molar refractivity (Wildman–Crippen MR) is 155 cm³/mol. The molecular weight excluding hydrogens is 480 g/mol. The Balaban J connectivity index is 1.55. The molecule has 1 aliphatic carbocycles. The largest absolute Gasteiger partial charge is 0.378 e. The van der Waals surface area contributed by atoms with E-state index in [-0.39, 0.29) is 17.9 Å². The van der Waals surface area contributed by atoms with Crippen LogP contribution in [0.4, 0.5) is 11.4 Å². The molecule has 0 spiro atoms. The van der Waals surface area contributed by atoms with Gasteiger partial charge in [0.15, 0.2) is 0 Å². The molecule has 1 heterocycles. The van der Waals surface area contributed by atoms with Gasteiger partial charge in [0.05, 0.1) is 11.8 Å². The highest BCUT2D eigenvalue weighted by atomic mass is 35.5. The first kappa shape index (κ1) is 25.1. The Labute approximate surface area is 224 Å². The van der Waals surface area contributed by atoms with Crippen molar-refractivity contribution >= 4 is 40.7 Å². The van der Waals surface area contributed by atoms with Crippen molar-refractivity contribution in [1.29, 1.82) is 0 Å². The van der Waals surface area contributed by atoms with Crippen LogP contribution >= 0.6 is 11.6 Å². The highest BCUT2D eigenvalue weighted by Gasteiger charge is 2.44. The van der Waals surface area contributed by atoms with Crippen molar-refractivity contribution in [3.05, 3.63) is 100 Å². The van der Waals surface area contributed by atoms with Crippen LogP contribution < -0.4 is 9.80 Å². The SMILES string of the molecule is CN(C)c1ccc(/C=C2/CCC[C@H]3C2=NN(C(=O)c2cccc(Cl)c2)[C@H]3c2ccc(N(C)C)cc2)cc1. The molecule has 3 aromatic carbocycles. The Hall–Kier alpha value is -3.57. The number of hydrogen-bond acceptors (Lipinski definition) is 4. The molecule has 2 atom stereocenters. The fourth-order valence-corrected chi connectivity index (χ4v) is 5.48. The third-order valence-corrected chi connectivity index (χ3v) is 7.52. The van der Waals surface area contributed by atoms with Gasteiger partial charge in [0.2, 0.25) is 0 Å². The molecule has 1 aliphatic heterocycles. The van der Waals surface area contributed by atoms with Crippen LogP contribution in [0.3, 0.4) is 0 Å². The number of benzene rings is 3. The van der Waals surface area contributed by atoms with E-state index in [4.69, 9.17) is 16.7 Å². The van der Waals surface area contributed by atoms with Gasteiger partial charge in [-0.1, -0.05) is 41.9 Å². The van der Waals surface area contributed by atoms with Crippen molar-refractivity contribution in [3.63, 3.8) is 0 Å². The van der Waals surface area contributed by atoms with Crippen molar-refractivity contribution in [3.8, 4) is 0 Å². The van der Waals surface area contributed by atoms with E-state index < -0.39 is 0 Å². The minimum Gasteiger partial charge on any atom is -0.378 e. The smallest absolute Gasteiger partial charge is 0.274 e. The maximum Gasteiger partial charge on any atom is 0.274 e. The Morgan fingerprint density at radius 1 is 0.946 bits per heavy atom. The van der Waals surface area contributed by atoms with Crippen molar-refractivity contribution in [2.45, 2.75) is 25.3 Å². The highest BCUT2D eigenvalue weighted by Crippen LogP contribution is 2.45. The van der Waals surface area contributed by atoms with E-state index in [1.54, 1.807) is 17.1 Å². The van der Waals surface area contributed by atoms with Gasteiger partial charge >= 0.3 is 0 Å². The summed E-state index contributed by atoms with van der Waals surface area (Å²) in [5.74, 6) is 0.0233. The first-order chi connectivity index (χ1) is 17.8. The Morgan fingerprint density at radius 2 is 1.59 bits per heavy atom. The van der Waals surface area contributed by atoms with E-state index in [9.17, 15) is 4.79 Å². The van der Waals surface area contributed by atoms with E-state index in [1.165, 1.54) is 11.3 Å². The molecule has 5 nitrogen and oxygen atoms in total. The molecule has 1 amide bonds. The number of hydrogen-bond donors (Lipinski definition) is 0. The molecule has 0 bridgehead atoms. The second-order valence-corrected chi connectivity index (χ2v) is 10.7. The van der Waals surface area contributed by atoms with Crippen molar-refractivity contribution in [2.75, 3.05) is 38.0 Å². The van der Waals surface area contributed by atoms with E-state index in [2.05, 4.69) is 64.4 Å². The lowest BCUT2D eigenvalue weighted by atomic mass is 9.77. The first-order valence-electron chi connectivity index (χ1n) is 12.7. The number of carbonyl (C=O) groups excluding carboxylic acids is 1. The number of nitrogens with zero attached hydrogens (tertiary/aromatic N) is 4. The van der Waals surface area contributed by atoms with Crippen LogP contribution in [0, 0.1) is 5.92 Å². The maximum atomic E-state index is 13.8. The molecule has 1 fully saturated rings. The van der Waals surface area contributed by atoms with E-state index in [0.717, 1.165) is 41.8 Å². The van der Waals surface area contributed by atoms with Crippen LogP contribution in [-0.2, 0) is 0 Å². The second kappa shape index (κ2) is 10.4. The van der Waals surface area contributed by atoms with Crippen LogP contribution in [0.1, 0.15) is 46.8 Å². The number of halogens is 1. The lowest BCUT2D eigenvalue weighted by molar-refractivity contribution is 0.0681. The maximum absolute atomic E-state index is 13.8. The van der Waals surface area contributed by atoms with Gasteiger partial charge in [-0.3, -0.25) is 4.79 Å². The number of amides is 1. The van der Waals surface area contributed by atoms with Gasteiger partial charge < -0.3 is 9.80 Å². The van der Waals surface area contributed by atoms with Crippen molar-refractivity contribution < 1.29 is 4.79 Å². The molecule has 0 unspecified atom stereocenters. The normalized spacial score (nSPS) is 20.0. The fourth-order valence-electron chi connectivity index (χ4n) is 5.29. The molecule has 190 valence electrons. The third-order valence-electron chi connectivity index (χ3n) is 7.28. The van der Waals surface area contributed by atoms with Crippen LogP contribution in [0.15, 0.2) is 83.5 Å². The average molecular weight is 513 g/mol. The van der Waals surface area contributed by atoms with Gasteiger partial charge in [0, 0.05) is 56.1 Å². The molecule has 0 saturated heterocycles. The quantitative estimate of drug-likeness (QED) is 0.373.